The SMILES string of the molecule is Nc1nc(Cc2ccccc2)nc2cn(Cc3ccccc3)nc12. The van der Waals surface area contributed by atoms with Gasteiger partial charge in [-0.1, -0.05) is 60.7 Å². The Hall–Kier alpha value is -3.21. The molecule has 0 bridgehead atoms. The Morgan fingerprint density at radius 2 is 1.50 bits per heavy atom. The van der Waals surface area contributed by atoms with Crippen LogP contribution in [-0.4, -0.2) is 19.7 Å². The van der Waals surface area contributed by atoms with E-state index in [4.69, 9.17) is 5.73 Å². The number of rotatable bonds is 4. The van der Waals surface area contributed by atoms with Gasteiger partial charge < -0.3 is 5.73 Å². The first-order chi connectivity index (χ1) is 11.8. The highest BCUT2D eigenvalue weighted by Gasteiger charge is 2.10. The quantitative estimate of drug-likeness (QED) is 0.628. The first-order valence-corrected chi connectivity index (χ1v) is 7.85. The standard InChI is InChI=1S/C19H17N5/c20-19-18-16(13-24(23-18)12-15-9-5-2-6-10-15)21-17(22-19)11-14-7-3-1-4-8-14/h1-10,13H,11-12H2,(H2,20,21,22). The lowest BCUT2D eigenvalue weighted by molar-refractivity contribution is 0.695. The third kappa shape index (κ3) is 2.96. The lowest BCUT2D eigenvalue weighted by Crippen LogP contribution is -2.02. The summed E-state index contributed by atoms with van der Waals surface area (Å²) in [7, 11) is 0. The number of nitrogen functional groups attached to an aromatic ring is 1. The highest BCUT2D eigenvalue weighted by Crippen LogP contribution is 2.18. The molecule has 0 saturated carbocycles. The zero-order valence-corrected chi connectivity index (χ0v) is 13.1. The summed E-state index contributed by atoms with van der Waals surface area (Å²) >= 11 is 0. The van der Waals surface area contributed by atoms with Crippen LogP contribution in [0.2, 0.25) is 0 Å². The maximum atomic E-state index is 6.09. The van der Waals surface area contributed by atoms with E-state index in [0.717, 1.165) is 11.1 Å². The van der Waals surface area contributed by atoms with E-state index < -0.39 is 0 Å². The molecule has 5 nitrogen and oxygen atoms in total. The van der Waals surface area contributed by atoms with Crippen LogP contribution in [0.25, 0.3) is 11.0 Å². The lowest BCUT2D eigenvalue weighted by Gasteiger charge is -2.02. The molecule has 0 aliphatic heterocycles. The Morgan fingerprint density at radius 3 is 2.21 bits per heavy atom. The van der Waals surface area contributed by atoms with Crippen LogP contribution >= 0.6 is 0 Å². The monoisotopic (exact) mass is 315 g/mol. The minimum atomic E-state index is 0.428. The number of nitrogens with zero attached hydrogens (tertiary/aromatic N) is 4. The van der Waals surface area contributed by atoms with Crippen molar-refractivity contribution in [1.29, 1.82) is 0 Å². The van der Waals surface area contributed by atoms with Crippen molar-refractivity contribution in [3.8, 4) is 0 Å². The van der Waals surface area contributed by atoms with Gasteiger partial charge in [-0.2, -0.15) is 5.10 Å². The second kappa shape index (κ2) is 6.12. The van der Waals surface area contributed by atoms with Crippen LogP contribution < -0.4 is 5.73 Å². The number of aromatic nitrogens is 4. The fourth-order valence-electron chi connectivity index (χ4n) is 2.74. The van der Waals surface area contributed by atoms with Gasteiger partial charge in [0, 0.05) is 6.42 Å². The third-order valence-electron chi connectivity index (χ3n) is 3.88. The van der Waals surface area contributed by atoms with Gasteiger partial charge in [-0.25, -0.2) is 9.97 Å². The first kappa shape index (κ1) is 14.4. The van der Waals surface area contributed by atoms with Crippen LogP contribution in [0.4, 0.5) is 5.82 Å². The second-order valence-electron chi connectivity index (χ2n) is 5.73. The van der Waals surface area contributed by atoms with Crippen molar-refractivity contribution >= 4 is 16.9 Å². The highest BCUT2D eigenvalue weighted by atomic mass is 15.3. The Morgan fingerprint density at radius 1 is 0.833 bits per heavy atom. The molecule has 4 aromatic rings. The summed E-state index contributed by atoms with van der Waals surface area (Å²) in [5.41, 5.74) is 9.87. The molecule has 0 atom stereocenters. The topological polar surface area (TPSA) is 69.6 Å². The fourth-order valence-corrected chi connectivity index (χ4v) is 2.74. The number of nitrogens with two attached hydrogens (primary N) is 1. The van der Waals surface area contributed by atoms with Crippen LogP contribution in [0.5, 0.6) is 0 Å². The van der Waals surface area contributed by atoms with E-state index in [2.05, 4.69) is 39.3 Å². The van der Waals surface area contributed by atoms with E-state index in [-0.39, 0.29) is 0 Å². The molecule has 2 N–H and O–H groups in total. The van der Waals surface area contributed by atoms with Gasteiger partial charge in [0.2, 0.25) is 0 Å². The Kier molecular flexibility index (Phi) is 3.67. The molecule has 2 heterocycles. The minimum Gasteiger partial charge on any atom is -0.382 e. The van der Waals surface area contributed by atoms with Gasteiger partial charge in [0.25, 0.3) is 0 Å². The van der Waals surface area contributed by atoms with Crippen molar-refractivity contribution in [3.63, 3.8) is 0 Å². The summed E-state index contributed by atoms with van der Waals surface area (Å²) in [6.45, 7) is 0.685. The number of hydrogen-bond acceptors (Lipinski definition) is 4. The van der Waals surface area contributed by atoms with Crippen molar-refractivity contribution < 1.29 is 0 Å². The third-order valence-corrected chi connectivity index (χ3v) is 3.88. The van der Waals surface area contributed by atoms with Gasteiger partial charge in [0.05, 0.1) is 12.7 Å². The summed E-state index contributed by atoms with van der Waals surface area (Å²) < 4.78 is 1.86. The molecule has 0 saturated heterocycles. The summed E-state index contributed by atoms with van der Waals surface area (Å²) in [5, 5.41) is 4.52. The van der Waals surface area contributed by atoms with E-state index in [1.807, 2.05) is 47.3 Å². The van der Waals surface area contributed by atoms with Crippen molar-refractivity contribution in [2.75, 3.05) is 5.73 Å². The van der Waals surface area contributed by atoms with E-state index in [1.165, 1.54) is 5.56 Å². The lowest BCUT2D eigenvalue weighted by atomic mass is 10.1. The molecule has 0 aliphatic carbocycles. The van der Waals surface area contributed by atoms with E-state index in [0.29, 0.717) is 30.1 Å². The minimum absolute atomic E-state index is 0.428. The number of hydrogen-bond donors (Lipinski definition) is 1. The maximum Gasteiger partial charge on any atom is 0.155 e. The predicted molar refractivity (Wildman–Crippen MR) is 94.5 cm³/mol. The average molecular weight is 315 g/mol. The average Bonchev–Trinajstić information content (AvgIpc) is 3.00. The largest absolute Gasteiger partial charge is 0.382 e. The molecule has 0 spiro atoms. The molecule has 2 aromatic heterocycles. The Labute approximate surface area is 139 Å². The summed E-state index contributed by atoms with van der Waals surface area (Å²) in [6, 6.07) is 20.3. The van der Waals surface area contributed by atoms with Gasteiger partial charge in [-0.3, -0.25) is 4.68 Å². The Balaban J connectivity index is 1.65. The molecule has 0 amide bonds. The fraction of sp³-hybridized carbons (Fsp3) is 0.105. The van der Waals surface area contributed by atoms with E-state index in [1.54, 1.807) is 0 Å². The van der Waals surface area contributed by atoms with Crippen LogP contribution in [-0.2, 0) is 13.0 Å². The normalized spacial score (nSPS) is 11.0. The van der Waals surface area contributed by atoms with Gasteiger partial charge in [0.1, 0.15) is 11.3 Å². The Bertz CT molecular complexity index is 961. The molecule has 2 aromatic carbocycles. The van der Waals surface area contributed by atoms with E-state index >= 15 is 0 Å². The van der Waals surface area contributed by atoms with Gasteiger partial charge in [-0.05, 0) is 11.1 Å². The molecular formula is C19H17N5. The van der Waals surface area contributed by atoms with Crippen molar-refractivity contribution in [3.05, 3.63) is 83.8 Å². The molecule has 118 valence electrons. The van der Waals surface area contributed by atoms with E-state index in [9.17, 15) is 0 Å². The molecule has 0 radical (unpaired) electrons. The second-order valence-corrected chi connectivity index (χ2v) is 5.73. The molecule has 0 fully saturated rings. The molecule has 4 rings (SSSR count). The first-order valence-electron chi connectivity index (χ1n) is 7.85. The smallest absolute Gasteiger partial charge is 0.155 e. The zero-order chi connectivity index (χ0) is 16.4. The van der Waals surface area contributed by atoms with Crippen LogP contribution in [0, 0.1) is 0 Å². The van der Waals surface area contributed by atoms with Crippen LogP contribution in [0.1, 0.15) is 17.0 Å². The summed E-state index contributed by atoms with van der Waals surface area (Å²) in [5.74, 6) is 1.14. The molecule has 0 unspecified atom stereocenters. The van der Waals surface area contributed by atoms with Gasteiger partial charge in [0.15, 0.2) is 11.3 Å². The van der Waals surface area contributed by atoms with Crippen molar-refractivity contribution in [2.45, 2.75) is 13.0 Å². The zero-order valence-electron chi connectivity index (χ0n) is 13.1. The summed E-state index contributed by atoms with van der Waals surface area (Å²) in [4.78, 5) is 9.03. The predicted octanol–water partition coefficient (Wildman–Crippen LogP) is 3.05. The molecular weight excluding hydrogens is 298 g/mol. The van der Waals surface area contributed by atoms with Crippen LogP contribution in [0.3, 0.4) is 0 Å². The molecule has 24 heavy (non-hydrogen) atoms. The van der Waals surface area contributed by atoms with Crippen LogP contribution in [0.15, 0.2) is 66.9 Å². The number of anilines is 1. The highest BCUT2D eigenvalue weighted by molar-refractivity contribution is 5.83. The van der Waals surface area contributed by atoms with Crippen molar-refractivity contribution in [2.24, 2.45) is 0 Å². The maximum absolute atomic E-state index is 6.09. The number of fused-ring (bicyclic) bond motifs is 1. The van der Waals surface area contributed by atoms with Gasteiger partial charge in [-0.15, -0.1) is 0 Å². The summed E-state index contributed by atoms with van der Waals surface area (Å²) in [6.07, 6.45) is 2.58. The van der Waals surface area contributed by atoms with Crippen molar-refractivity contribution in [1.82, 2.24) is 19.7 Å². The number of benzene rings is 2. The molecule has 0 aliphatic rings. The van der Waals surface area contributed by atoms with Gasteiger partial charge >= 0.3 is 0 Å². The molecule has 5 heteroatoms.